The highest BCUT2D eigenvalue weighted by Crippen LogP contribution is 2.25. The summed E-state index contributed by atoms with van der Waals surface area (Å²) in [4.78, 5) is 4.52. The van der Waals surface area contributed by atoms with E-state index < -0.39 is 0 Å². The number of imidazole rings is 1. The molecular weight excluding hydrogens is 234 g/mol. The average molecular weight is 263 g/mol. The second-order valence-corrected chi connectivity index (χ2v) is 6.24. The molecule has 19 heavy (non-hydrogen) atoms. The van der Waals surface area contributed by atoms with Gasteiger partial charge in [-0.1, -0.05) is 39.5 Å². The number of hydrogen-bond donors (Lipinski definition) is 1. The molecule has 2 unspecified atom stereocenters. The Labute approximate surface area is 117 Å². The first kappa shape index (κ1) is 14.4. The van der Waals surface area contributed by atoms with Crippen LogP contribution in [0, 0.1) is 5.92 Å². The van der Waals surface area contributed by atoms with Crippen LogP contribution in [0.1, 0.15) is 71.8 Å². The van der Waals surface area contributed by atoms with E-state index in [0.717, 1.165) is 11.9 Å². The number of nitrogens with zero attached hydrogens (tertiary/aromatic N) is 2. The molecule has 1 heterocycles. The van der Waals surface area contributed by atoms with Crippen molar-refractivity contribution < 1.29 is 0 Å². The quantitative estimate of drug-likeness (QED) is 0.811. The molecule has 1 aromatic heterocycles. The van der Waals surface area contributed by atoms with Gasteiger partial charge in [0.25, 0.3) is 0 Å². The monoisotopic (exact) mass is 263 g/mol. The van der Waals surface area contributed by atoms with Crippen molar-refractivity contribution in [3.8, 4) is 0 Å². The summed E-state index contributed by atoms with van der Waals surface area (Å²) in [5.74, 6) is 1.85. The van der Waals surface area contributed by atoms with E-state index in [0.29, 0.717) is 12.1 Å². The first-order valence-electron chi connectivity index (χ1n) is 8.00. The van der Waals surface area contributed by atoms with Crippen molar-refractivity contribution in [3.05, 3.63) is 12.4 Å². The molecule has 3 nitrogen and oxygen atoms in total. The van der Waals surface area contributed by atoms with E-state index in [-0.39, 0.29) is 0 Å². The standard InChI is InChI=1S/C16H29N3/c1-4-13(2)12-14(3)19-11-10-17-16(19)18-15-8-6-5-7-9-15/h10-11,13-15H,4-9,12H2,1-3H3,(H,17,18). The zero-order valence-corrected chi connectivity index (χ0v) is 12.7. The normalized spacial score (nSPS) is 20.2. The van der Waals surface area contributed by atoms with Crippen LogP contribution in [0.25, 0.3) is 0 Å². The fourth-order valence-corrected chi connectivity index (χ4v) is 3.07. The SMILES string of the molecule is CCC(C)CC(C)n1ccnc1NC1CCCCC1. The Morgan fingerprint density at radius 3 is 2.74 bits per heavy atom. The Hall–Kier alpha value is -0.990. The highest BCUT2D eigenvalue weighted by molar-refractivity contribution is 5.28. The van der Waals surface area contributed by atoms with Gasteiger partial charge in [0.05, 0.1) is 0 Å². The summed E-state index contributed by atoms with van der Waals surface area (Å²) in [6, 6.07) is 1.16. The van der Waals surface area contributed by atoms with Crippen molar-refractivity contribution in [2.75, 3.05) is 5.32 Å². The van der Waals surface area contributed by atoms with Gasteiger partial charge in [-0.05, 0) is 32.1 Å². The predicted molar refractivity (Wildman–Crippen MR) is 81.5 cm³/mol. The van der Waals surface area contributed by atoms with Crippen LogP contribution >= 0.6 is 0 Å². The van der Waals surface area contributed by atoms with Crippen molar-refractivity contribution in [2.45, 2.75) is 77.8 Å². The number of anilines is 1. The average Bonchev–Trinajstić information content (AvgIpc) is 2.88. The number of hydrogen-bond acceptors (Lipinski definition) is 2. The lowest BCUT2D eigenvalue weighted by Crippen LogP contribution is -2.25. The molecular formula is C16H29N3. The Balaban J connectivity index is 1.96. The smallest absolute Gasteiger partial charge is 0.203 e. The van der Waals surface area contributed by atoms with Crippen molar-refractivity contribution in [1.29, 1.82) is 0 Å². The van der Waals surface area contributed by atoms with Crippen molar-refractivity contribution >= 4 is 5.95 Å². The van der Waals surface area contributed by atoms with Crippen LogP contribution in [0.3, 0.4) is 0 Å². The summed E-state index contributed by atoms with van der Waals surface area (Å²) in [6.07, 6.45) is 13.3. The molecule has 1 saturated carbocycles. The largest absolute Gasteiger partial charge is 0.353 e. The molecule has 0 radical (unpaired) electrons. The molecule has 0 spiro atoms. The summed E-state index contributed by atoms with van der Waals surface area (Å²) < 4.78 is 2.32. The van der Waals surface area contributed by atoms with Gasteiger partial charge in [0.2, 0.25) is 5.95 Å². The molecule has 0 aromatic carbocycles. The summed E-state index contributed by atoms with van der Waals surface area (Å²) >= 11 is 0. The highest BCUT2D eigenvalue weighted by atomic mass is 15.2. The minimum absolute atomic E-state index is 0.531. The van der Waals surface area contributed by atoms with Crippen LogP contribution in [-0.4, -0.2) is 15.6 Å². The Morgan fingerprint density at radius 2 is 2.05 bits per heavy atom. The number of rotatable bonds is 6. The summed E-state index contributed by atoms with van der Waals surface area (Å²) in [6.45, 7) is 6.91. The van der Waals surface area contributed by atoms with Crippen LogP contribution in [0.5, 0.6) is 0 Å². The fourth-order valence-electron chi connectivity index (χ4n) is 3.07. The molecule has 2 atom stereocenters. The zero-order chi connectivity index (χ0) is 13.7. The van der Waals surface area contributed by atoms with Crippen LogP contribution in [-0.2, 0) is 0 Å². The van der Waals surface area contributed by atoms with Gasteiger partial charge in [0.15, 0.2) is 0 Å². The Morgan fingerprint density at radius 1 is 1.32 bits per heavy atom. The highest BCUT2D eigenvalue weighted by Gasteiger charge is 2.17. The topological polar surface area (TPSA) is 29.9 Å². The van der Waals surface area contributed by atoms with Crippen LogP contribution in [0.2, 0.25) is 0 Å². The van der Waals surface area contributed by atoms with Gasteiger partial charge in [-0.3, -0.25) is 0 Å². The summed E-state index contributed by atoms with van der Waals surface area (Å²) in [5, 5.41) is 3.65. The molecule has 108 valence electrons. The van der Waals surface area contributed by atoms with Crippen molar-refractivity contribution in [3.63, 3.8) is 0 Å². The van der Waals surface area contributed by atoms with Crippen LogP contribution < -0.4 is 5.32 Å². The van der Waals surface area contributed by atoms with E-state index in [2.05, 4.69) is 41.8 Å². The molecule has 0 amide bonds. The predicted octanol–water partition coefficient (Wildman–Crippen LogP) is 4.62. The zero-order valence-electron chi connectivity index (χ0n) is 12.7. The molecule has 1 aliphatic carbocycles. The van der Waals surface area contributed by atoms with E-state index in [1.165, 1.54) is 44.9 Å². The van der Waals surface area contributed by atoms with E-state index in [9.17, 15) is 0 Å². The van der Waals surface area contributed by atoms with Gasteiger partial charge in [0.1, 0.15) is 0 Å². The second kappa shape index (κ2) is 6.97. The first-order valence-corrected chi connectivity index (χ1v) is 8.00. The van der Waals surface area contributed by atoms with Gasteiger partial charge in [-0.15, -0.1) is 0 Å². The lowest BCUT2D eigenvalue weighted by Gasteiger charge is -2.26. The number of nitrogens with one attached hydrogen (secondary N) is 1. The first-order chi connectivity index (χ1) is 9.20. The molecule has 1 fully saturated rings. The van der Waals surface area contributed by atoms with E-state index >= 15 is 0 Å². The molecule has 1 N–H and O–H groups in total. The van der Waals surface area contributed by atoms with Crippen LogP contribution in [0.15, 0.2) is 12.4 Å². The Kier molecular flexibility index (Phi) is 5.29. The van der Waals surface area contributed by atoms with Crippen molar-refractivity contribution in [2.24, 2.45) is 5.92 Å². The van der Waals surface area contributed by atoms with Gasteiger partial charge in [-0.2, -0.15) is 0 Å². The molecule has 1 aliphatic rings. The summed E-state index contributed by atoms with van der Waals surface area (Å²) in [7, 11) is 0. The third kappa shape index (κ3) is 3.99. The fraction of sp³-hybridized carbons (Fsp3) is 0.812. The van der Waals surface area contributed by atoms with E-state index in [1.807, 2.05) is 6.20 Å². The van der Waals surface area contributed by atoms with Gasteiger partial charge in [-0.25, -0.2) is 4.98 Å². The number of aromatic nitrogens is 2. The lowest BCUT2D eigenvalue weighted by atomic mass is 9.96. The maximum atomic E-state index is 4.52. The van der Waals surface area contributed by atoms with Gasteiger partial charge < -0.3 is 9.88 Å². The van der Waals surface area contributed by atoms with E-state index in [1.54, 1.807) is 0 Å². The maximum Gasteiger partial charge on any atom is 0.203 e. The molecule has 0 aliphatic heterocycles. The maximum absolute atomic E-state index is 4.52. The molecule has 1 aromatic rings. The molecule has 3 heteroatoms. The van der Waals surface area contributed by atoms with Crippen LogP contribution in [0.4, 0.5) is 5.95 Å². The third-order valence-electron chi connectivity index (χ3n) is 4.52. The van der Waals surface area contributed by atoms with Gasteiger partial charge in [0, 0.05) is 24.5 Å². The Bertz CT molecular complexity index is 366. The van der Waals surface area contributed by atoms with Crippen molar-refractivity contribution in [1.82, 2.24) is 9.55 Å². The minimum atomic E-state index is 0.531. The second-order valence-electron chi connectivity index (χ2n) is 6.24. The summed E-state index contributed by atoms with van der Waals surface area (Å²) in [5.41, 5.74) is 0. The van der Waals surface area contributed by atoms with Gasteiger partial charge >= 0.3 is 0 Å². The molecule has 2 rings (SSSR count). The molecule has 0 saturated heterocycles. The van der Waals surface area contributed by atoms with E-state index in [4.69, 9.17) is 0 Å². The third-order valence-corrected chi connectivity index (χ3v) is 4.52. The minimum Gasteiger partial charge on any atom is -0.353 e. The lowest BCUT2D eigenvalue weighted by molar-refractivity contribution is 0.397. The molecule has 0 bridgehead atoms.